The fourth-order valence-electron chi connectivity index (χ4n) is 10.7. The lowest BCUT2D eigenvalue weighted by atomic mass is 9.78. The van der Waals surface area contributed by atoms with Crippen LogP contribution in [0.25, 0.3) is 0 Å². The second kappa shape index (κ2) is 31.5. The number of aliphatic hydroxyl groups is 4. The molecule has 0 radical (unpaired) electrons. The van der Waals surface area contributed by atoms with Crippen LogP contribution in [0.4, 0.5) is 0 Å². The van der Waals surface area contributed by atoms with Crippen molar-refractivity contribution >= 4 is 52.7 Å². The summed E-state index contributed by atoms with van der Waals surface area (Å²) >= 11 is 3.44. The monoisotopic (exact) mass is 1060 g/mol. The molecule has 414 valence electrons. The van der Waals surface area contributed by atoms with Gasteiger partial charge in [-0.15, -0.1) is 0 Å². The van der Waals surface area contributed by atoms with Gasteiger partial charge in [-0.25, -0.2) is 4.79 Å². The standard InChI is InChI=1S/C56H89NO14S2/c1-35-15-11-10-12-16-36(2)47(69-24-26-73-28-27-72-25-23-58)33-43-20-18-41(7)56(66,71-43)53(63)54(64)57-22-14-13-17-44(57)55(65)70-48(38(4)31-42-19-21-45(59)49(32-42)67-8)34-46(60)37(3)30-40(6)51(62)52(68-9)50(61)39(5)29-35/h10-12,15-16,30,35,37-39,41-45,47-49,51-52,58-59,62,66H,13-14,17-29,31-34H2,1-9H3/b12-10+,15-11+,36-16+,40-30+/t35-,37-,38-,39-,41-,42+,43+,44+,45-,47?,48+,49-,51-,52+,56-/m1/s1. The van der Waals surface area contributed by atoms with Crippen LogP contribution in [0.5, 0.6) is 0 Å². The number of nitrogens with zero attached hydrogens (tertiary/aromatic N) is 1. The first-order chi connectivity index (χ1) is 34.7. The molecule has 0 aromatic heterocycles. The van der Waals surface area contributed by atoms with Gasteiger partial charge in [0.05, 0.1) is 37.6 Å². The van der Waals surface area contributed by atoms with Gasteiger partial charge in [-0.3, -0.25) is 19.2 Å². The van der Waals surface area contributed by atoms with E-state index in [1.54, 1.807) is 57.5 Å². The summed E-state index contributed by atoms with van der Waals surface area (Å²) < 4.78 is 30.3. The van der Waals surface area contributed by atoms with Gasteiger partial charge in [0.25, 0.3) is 11.7 Å². The molecule has 17 heteroatoms. The number of methoxy groups -OCH3 is 2. The van der Waals surface area contributed by atoms with Crippen molar-refractivity contribution in [2.45, 2.75) is 180 Å². The smallest absolute Gasteiger partial charge is 0.329 e. The molecular weight excluding hydrogens is 975 g/mol. The SMILES string of the molecule is CO[C@@H]1C[C@H](C[C@@H](C)[C@@H]2CC(=O)[C@H](C)/C=C(\C)[C@@H](O)[C@@H](OC)C(=O)[C@H](C)C[C@H](C)/C=C/C=C/C=C(\C)C(OCCSCCSCCO)C[C@@H]3CC[C@@H](C)[C@@](O)(O3)C(=O)C(=O)N3CCCC[C@H]3C(=O)O2)CC[C@H]1O. The number of carbonyl (C=O) groups is 5. The maximum atomic E-state index is 14.5. The molecule has 4 N–H and O–H groups in total. The van der Waals surface area contributed by atoms with Crippen molar-refractivity contribution in [3.8, 4) is 0 Å². The van der Waals surface area contributed by atoms with Gasteiger partial charge >= 0.3 is 5.97 Å². The molecule has 15 nitrogen and oxygen atoms in total. The van der Waals surface area contributed by atoms with E-state index in [0.29, 0.717) is 82.1 Å². The van der Waals surface area contributed by atoms with Crippen molar-refractivity contribution in [1.82, 2.24) is 4.90 Å². The third kappa shape index (κ3) is 18.8. The summed E-state index contributed by atoms with van der Waals surface area (Å²) in [5, 5.41) is 43.3. The van der Waals surface area contributed by atoms with Gasteiger partial charge in [0.15, 0.2) is 5.78 Å². The van der Waals surface area contributed by atoms with E-state index >= 15 is 0 Å². The Bertz CT molecular complexity index is 1910. The van der Waals surface area contributed by atoms with E-state index in [9.17, 15) is 39.3 Å². The first-order valence-corrected chi connectivity index (χ1v) is 29.1. The average Bonchev–Trinajstić information content (AvgIpc) is 3.37. The van der Waals surface area contributed by atoms with Crippen LogP contribution in [0.3, 0.4) is 0 Å². The number of amides is 1. The Morgan fingerprint density at radius 3 is 2.27 bits per heavy atom. The van der Waals surface area contributed by atoms with E-state index in [0.717, 1.165) is 22.8 Å². The van der Waals surface area contributed by atoms with Crippen LogP contribution < -0.4 is 0 Å². The Morgan fingerprint density at radius 2 is 1.58 bits per heavy atom. The van der Waals surface area contributed by atoms with Crippen LogP contribution in [-0.2, 0) is 47.7 Å². The third-order valence-corrected chi connectivity index (χ3v) is 17.5. The summed E-state index contributed by atoms with van der Waals surface area (Å²) in [5.74, 6) is -4.87. The lowest BCUT2D eigenvalue weighted by Crippen LogP contribution is -2.61. The minimum absolute atomic E-state index is 0.000229. The highest BCUT2D eigenvalue weighted by Crippen LogP contribution is 2.38. The Labute approximate surface area is 444 Å². The van der Waals surface area contributed by atoms with Gasteiger partial charge in [-0.1, -0.05) is 71.1 Å². The quantitative estimate of drug-likeness (QED) is 0.0596. The zero-order valence-electron chi connectivity index (χ0n) is 45.1. The van der Waals surface area contributed by atoms with Crippen molar-refractivity contribution in [3.63, 3.8) is 0 Å². The van der Waals surface area contributed by atoms with E-state index in [1.165, 1.54) is 12.0 Å². The Hall–Kier alpha value is -2.71. The fourth-order valence-corrected chi connectivity index (χ4v) is 12.4. The van der Waals surface area contributed by atoms with Crippen molar-refractivity contribution in [2.24, 2.45) is 35.5 Å². The summed E-state index contributed by atoms with van der Waals surface area (Å²) in [4.78, 5) is 72.6. The Balaban J connectivity index is 1.69. The first-order valence-electron chi connectivity index (χ1n) is 26.8. The molecule has 4 aliphatic rings. The molecule has 3 fully saturated rings. The third-order valence-electron chi connectivity index (χ3n) is 15.3. The number of rotatable bonds is 14. The van der Waals surface area contributed by atoms with E-state index in [4.69, 9.17) is 28.8 Å². The minimum Gasteiger partial charge on any atom is -0.460 e. The van der Waals surface area contributed by atoms with Crippen LogP contribution in [-0.4, -0.2) is 166 Å². The van der Waals surface area contributed by atoms with E-state index in [-0.39, 0.29) is 61.4 Å². The molecule has 15 atom stereocenters. The van der Waals surface area contributed by atoms with Gasteiger partial charge in [-0.2, -0.15) is 23.5 Å². The van der Waals surface area contributed by atoms with Crippen molar-refractivity contribution in [2.75, 3.05) is 57.0 Å². The number of hydrogen-bond donors (Lipinski definition) is 4. The van der Waals surface area contributed by atoms with Crippen molar-refractivity contribution in [3.05, 3.63) is 47.6 Å². The number of piperidine rings is 1. The lowest BCUT2D eigenvalue weighted by Gasteiger charge is -2.43. The summed E-state index contributed by atoms with van der Waals surface area (Å²) in [6.07, 6.45) is 11.0. The molecule has 2 bridgehead atoms. The number of Topliss-reactive ketones (excluding diaryl/α,β-unsaturated/α-hetero) is 3. The van der Waals surface area contributed by atoms with Crippen LogP contribution >= 0.6 is 23.5 Å². The number of allylic oxidation sites excluding steroid dienone is 6. The predicted molar refractivity (Wildman–Crippen MR) is 286 cm³/mol. The molecule has 3 heterocycles. The molecule has 1 saturated carbocycles. The van der Waals surface area contributed by atoms with Crippen molar-refractivity contribution < 1.29 is 68.1 Å². The number of esters is 1. The molecule has 0 spiro atoms. The number of cyclic esters (lactones) is 1. The van der Waals surface area contributed by atoms with E-state index < -0.39 is 83.9 Å². The maximum Gasteiger partial charge on any atom is 0.329 e. The van der Waals surface area contributed by atoms with Crippen LogP contribution in [0.2, 0.25) is 0 Å². The molecule has 1 amide bonds. The number of fused-ring (bicyclic) bond motifs is 3. The molecular formula is C56H89NO14S2. The summed E-state index contributed by atoms with van der Waals surface area (Å²) in [7, 11) is 2.95. The van der Waals surface area contributed by atoms with Crippen LogP contribution in [0, 0.1) is 35.5 Å². The number of thioether (sulfide) groups is 2. The minimum atomic E-state index is -2.46. The van der Waals surface area contributed by atoms with E-state index in [2.05, 4.69) is 0 Å². The molecule has 1 unspecified atom stereocenters. The second-order valence-corrected chi connectivity index (χ2v) is 23.6. The number of ether oxygens (including phenoxy) is 5. The first kappa shape index (κ1) is 62.8. The predicted octanol–water partition coefficient (Wildman–Crippen LogP) is 7.01. The van der Waals surface area contributed by atoms with Gasteiger partial charge < -0.3 is 49.0 Å². The van der Waals surface area contributed by atoms with Crippen LogP contribution in [0.15, 0.2) is 47.6 Å². The van der Waals surface area contributed by atoms with Gasteiger partial charge in [0, 0.05) is 74.4 Å². The van der Waals surface area contributed by atoms with Crippen molar-refractivity contribution in [1.29, 1.82) is 0 Å². The summed E-state index contributed by atoms with van der Waals surface area (Å²) in [5.41, 5.74) is 1.27. The van der Waals surface area contributed by atoms with Gasteiger partial charge in [-0.05, 0) is 107 Å². The number of hydrogen-bond acceptors (Lipinski definition) is 16. The highest BCUT2D eigenvalue weighted by Gasteiger charge is 2.53. The normalized spacial score (nSPS) is 37.3. The van der Waals surface area contributed by atoms with E-state index in [1.807, 2.05) is 58.1 Å². The molecule has 2 saturated heterocycles. The Kier molecular flexibility index (Phi) is 27.1. The highest BCUT2D eigenvalue weighted by molar-refractivity contribution is 8.02. The number of ketones is 3. The highest BCUT2D eigenvalue weighted by atomic mass is 32.2. The number of carbonyl (C=O) groups excluding carboxylic acids is 5. The average molecular weight is 1060 g/mol. The molecule has 0 aromatic carbocycles. The second-order valence-electron chi connectivity index (χ2n) is 21.2. The molecule has 4 rings (SSSR count). The molecule has 3 aliphatic heterocycles. The summed E-state index contributed by atoms with van der Waals surface area (Å²) in [6.45, 7) is 13.4. The zero-order valence-corrected chi connectivity index (χ0v) is 46.8. The topological polar surface area (TPSA) is 216 Å². The zero-order chi connectivity index (χ0) is 53.8. The van der Waals surface area contributed by atoms with Crippen LogP contribution in [0.1, 0.15) is 126 Å². The maximum absolute atomic E-state index is 14.5. The van der Waals surface area contributed by atoms with Gasteiger partial charge in [0.1, 0.15) is 30.1 Å². The lowest BCUT2D eigenvalue weighted by molar-refractivity contribution is -0.266. The molecule has 0 aromatic rings. The Morgan fingerprint density at radius 1 is 0.849 bits per heavy atom. The summed E-state index contributed by atoms with van der Waals surface area (Å²) in [6, 6.07) is -1.16. The molecule has 73 heavy (non-hydrogen) atoms. The van der Waals surface area contributed by atoms with Gasteiger partial charge in [0.2, 0.25) is 5.79 Å². The number of aliphatic hydroxyl groups excluding tert-OH is 3. The molecule has 1 aliphatic carbocycles. The largest absolute Gasteiger partial charge is 0.460 e. The fraction of sp³-hybridized carbons (Fsp3) is 0.768.